The number of carboxylic acid groups (broad SMARTS) is 1. The summed E-state index contributed by atoms with van der Waals surface area (Å²) in [6.07, 6.45) is 0.986. The number of aliphatic carboxylic acids is 1. The molecule has 0 bridgehead atoms. The highest BCUT2D eigenvalue weighted by atomic mass is 32.2. The van der Waals surface area contributed by atoms with E-state index in [4.69, 9.17) is 0 Å². The zero-order valence-corrected chi connectivity index (χ0v) is 23.7. The van der Waals surface area contributed by atoms with Gasteiger partial charge in [0.1, 0.15) is 17.2 Å². The molecule has 2 aromatic carbocycles. The van der Waals surface area contributed by atoms with Gasteiger partial charge in [-0.2, -0.15) is 16.9 Å². The average Bonchev–Trinajstić information content (AvgIpc) is 3.34. The predicted molar refractivity (Wildman–Crippen MR) is 149 cm³/mol. The topological polar surface area (TPSA) is 132 Å². The van der Waals surface area contributed by atoms with Gasteiger partial charge in [0.2, 0.25) is 15.9 Å². The van der Waals surface area contributed by atoms with Crippen molar-refractivity contribution in [3.05, 3.63) is 59.7 Å². The molecule has 1 heterocycles. The Bertz CT molecular complexity index is 1260. The Balaban J connectivity index is 1.77. The van der Waals surface area contributed by atoms with Crippen LogP contribution in [-0.2, 0) is 19.6 Å². The number of para-hydroxylation sites is 1. The Kier molecular flexibility index (Phi) is 10.3. The number of phenols is 1. The Morgan fingerprint density at radius 1 is 1.08 bits per heavy atom. The lowest BCUT2D eigenvalue weighted by Crippen LogP contribution is -2.44. The van der Waals surface area contributed by atoms with E-state index in [0.29, 0.717) is 31.5 Å². The number of ketones is 1. The predicted octanol–water partition coefficient (Wildman–Crippen LogP) is 3.80. The number of sulfonamides is 1. The molecule has 206 valence electrons. The van der Waals surface area contributed by atoms with Crippen molar-refractivity contribution in [1.82, 2.24) is 9.21 Å². The number of amides is 1. The number of carbonyl (C=O) groups excluding carboxylic acids is 2. The fourth-order valence-electron chi connectivity index (χ4n) is 4.28. The number of aromatic hydroxyl groups is 1. The zero-order chi connectivity index (χ0) is 28.0. The molecule has 2 N–H and O–H groups in total. The smallest absolute Gasteiger partial charge is 0.327 e. The first-order valence-corrected chi connectivity index (χ1v) is 15.3. The number of carbonyl (C=O) groups is 3. The molecule has 3 atom stereocenters. The van der Waals surface area contributed by atoms with Crippen molar-refractivity contribution in [2.75, 3.05) is 18.8 Å². The number of nitrogens with zero attached hydrogens (tertiary/aromatic N) is 2. The summed E-state index contributed by atoms with van der Waals surface area (Å²) in [5.74, 6) is -2.17. The Hall–Kier alpha value is -2.54. The molecule has 12 heteroatoms. The molecule has 1 saturated heterocycles. The molecule has 1 aliphatic heterocycles. The maximum absolute atomic E-state index is 13.3. The normalized spacial score (nSPS) is 18.5. The van der Waals surface area contributed by atoms with Crippen LogP contribution >= 0.6 is 24.4 Å². The van der Waals surface area contributed by atoms with E-state index in [1.54, 1.807) is 18.2 Å². The number of thioether (sulfide) groups is 1. The summed E-state index contributed by atoms with van der Waals surface area (Å²) >= 11 is 5.55. The molecule has 1 amide bonds. The summed E-state index contributed by atoms with van der Waals surface area (Å²) in [4.78, 5) is 39.4. The molecule has 0 aromatic heterocycles. The van der Waals surface area contributed by atoms with E-state index in [0.717, 1.165) is 0 Å². The molecule has 0 aliphatic carbocycles. The number of rotatable bonds is 12. The van der Waals surface area contributed by atoms with Crippen molar-refractivity contribution in [2.24, 2.45) is 0 Å². The number of carboxylic acids is 1. The highest BCUT2D eigenvalue weighted by Gasteiger charge is 2.43. The van der Waals surface area contributed by atoms with Gasteiger partial charge in [-0.3, -0.25) is 9.59 Å². The van der Waals surface area contributed by atoms with Gasteiger partial charge in [-0.05, 0) is 31.0 Å². The summed E-state index contributed by atoms with van der Waals surface area (Å²) in [5, 5.41) is 18.2. The van der Waals surface area contributed by atoms with Gasteiger partial charge in [-0.1, -0.05) is 44.2 Å². The molecule has 9 nitrogen and oxygen atoms in total. The van der Waals surface area contributed by atoms with Crippen LogP contribution in [0.15, 0.2) is 53.4 Å². The lowest BCUT2D eigenvalue weighted by atomic mass is 10.0. The molecule has 0 radical (unpaired) electrons. The third-order valence-corrected chi connectivity index (χ3v) is 9.80. The van der Waals surface area contributed by atoms with E-state index in [9.17, 15) is 33.0 Å². The zero-order valence-electron chi connectivity index (χ0n) is 21.2. The van der Waals surface area contributed by atoms with Gasteiger partial charge in [-0.25, -0.2) is 13.2 Å². The fraction of sp³-hybridized carbons (Fsp3) is 0.423. The maximum Gasteiger partial charge on any atom is 0.327 e. The van der Waals surface area contributed by atoms with Crippen molar-refractivity contribution in [3.63, 3.8) is 0 Å². The van der Waals surface area contributed by atoms with Crippen LogP contribution in [0, 0.1) is 0 Å². The van der Waals surface area contributed by atoms with Crippen molar-refractivity contribution >= 4 is 52.1 Å². The molecule has 1 unspecified atom stereocenters. The lowest BCUT2D eigenvalue weighted by Gasteiger charge is -2.28. The number of Topliss-reactive ketones (excluding diaryl/α,β-unsaturated/α-hetero) is 1. The number of thiol groups is 1. The number of benzene rings is 2. The van der Waals surface area contributed by atoms with Crippen molar-refractivity contribution in [2.45, 2.75) is 54.7 Å². The van der Waals surface area contributed by atoms with Crippen LogP contribution in [0.4, 0.5) is 0 Å². The molecular weight excluding hydrogens is 548 g/mol. The summed E-state index contributed by atoms with van der Waals surface area (Å²) in [6.45, 7) is 4.59. The minimum Gasteiger partial charge on any atom is -0.508 e. The molecule has 1 fully saturated rings. The molecule has 1 aliphatic rings. The summed E-state index contributed by atoms with van der Waals surface area (Å²) in [5.41, 5.74) is 0.603. The van der Waals surface area contributed by atoms with Crippen LogP contribution in [-0.4, -0.2) is 75.6 Å². The Labute approximate surface area is 232 Å². The largest absolute Gasteiger partial charge is 0.508 e. The fourth-order valence-corrected chi connectivity index (χ4v) is 7.69. The van der Waals surface area contributed by atoms with Crippen LogP contribution in [0.2, 0.25) is 0 Å². The van der Waals surface area contributed by atoms with E-state index in [2.05, 4.69) is 12.6 Å². The average molecular weight is 581 g/mol. The summed E-state index contributed by atoms with van der Waals surface area (Å²) < 4.78 is 27.4. The van der Waals surface area contributed by atoms with E-state index >= 15 is 0 Å². The van der Waals surface area contributed by atoms with Gasteiger partial charge in [0, 0.05) is 36.4 Å². The van der Waals surface area contributed by atoms with Crippen LogP contribution in [0.1, 0.15) is 54.4 Å². The maximum atomic E-state index is 13.3. The quantitative estimate of drug-likeness (QED) is 0.255. The van der Waals surface area contributed by atoms with Gasteiger partial charge < -0.3 is 15.1 Å². The van der Waals surface area contributed by atoms with Crippen molar-refractivity contribution in [3.8, 4) is 5.75 Å². The van der Waals surface area contributed by atoms with Gasteiger partial charge in [0.15, 0.2) is 5.78 Å². The second-order valence-electron chi connectivity index (χ2n) is 8.91. The van der Waals surface area contributed by atoms with Crippen molar-refractivity contribution in [1.29, 1.82) is 0 Å². The summed E-state index contributed by atoms with van der Waals surface area (Å²) in [7, 11) is -3.70. The van der Waals surface area contributed by atoms with Crippen LogP contribution in [0.25, 0.3) is 0 Å². The van der Waals surface area contributed by atoms with E-state index < -0.39 is 44.3 Å². The number of hydrogen-bond acceptors (Lipinski definition) is 8. The highest BCUT2D eigenvalue weighted by Crippen LogP contribution is 2.44. The first kappa shape index (κ1) is 30.0. The van der Waals surface area contributed by atoms with E-state index in [1.807, 2.05) is 13.8 Å². The molecular formula is C26H32N2O7S3. The first-order valence-electron chi connectivity index (χ1n) is 12.3. The van der Waals surface area contributed by atoms with Crippen LogP contribution < -0.4 is 0 Å². The van der Waals surface area contributed by atoms with Gasteiger partial charge in [0.05, 0.1) is 10.1 Å². The second-order valence-corrected chi connectivity index (χ2v) is 12.6. The lowest BCUT2D eigenvalue weighted by molar-refractivity contribution is -0.149. The highest BCUT2D eigenvalue weighted by molar-refractivity contribution is 7.99. The minimum absolute atomic E-state index is 0.0566. The van der Waals surface area contributed by atoms with E-state index in [-0.39, 0.29) is 28.4 Å². The van der Waals surface area contributed by atoms with E-state index in [1.165, 1.54) is 51.3 Å². The SMILES string of the molecule is CCCN(CCC)S(=O)(=O)c1ccc(C(=O)C(S)CC(=O)N2[C@@H](c3ccccc3O)SC[C@H]2C(=O)O)cc1. The Morgan fingerprint density at radius 2 is 1.68 bits per heavy atom. The third-order valence-electron chi connectivity index (χ3n) is 6.17. The third kappa shape index (κ3) is 6.53. The number of hydrogen-bond donors (Lipinski definition) is 3. The van der Waals surface area contributed by atoms with Gasteiger partial charge in [0.25, 0.3) is 0 Å². The number of phenolic OH excluding ortho intramolecular Hbond substituents is 1. The molecule has 38 heavy (non-hydrogen) atoms. The molecule has 0 spiro atoms. The minimum atomic E-state index is -3.70. The molecule has 3 rings (SSSR count). The standard InChI is InChI=1S/C26H32N2O7S3/c1-3-13-27(14-4-2)38(34,35)18-11-9-17(10-12-18)24(31)22(36)15-23(30)28-20(26(32)33)16-37-25(28)19-7-5-6-8-21(19)29/h5-12,20,22,25,29,36H,3-4,13-16H2,1-2H3,(H,32,33)/t20-,22?,25+/m0/s1. The van der Waals surface area contributed by atoms with Crippen LogP contribution in [0.5, 0.6) is 5.75 Å². The van der Waals surface area contributed by atoms with Crippen LogP contribution in [0.3, 0.4) is 0 Å². The first-order chi connectivity index (χ1) is 18.0. The second kappa shape index (κ2) is 13.0. The monoisotopic (exact) mass is 580 g/mol. The Morgan fingerprint density at radius 3 is 2.24 bits per heavy atom. The van der Waals surface area contributed by atoms with Gasteiger partial charge in [-0.15, -0.1) is 11.8 Å². The van der Waals surface area contributed by atoms with Gasteiger partial charge >= 0.3 is 5.97 Å². The summed E-state index contributed by atoms with van der Waals surface area (Å²) in [6, 6.07) is 10.8. The molecule has 0 saturated carbocycles. The van der Waals surface area contributed by atoms with Crippen molar-refractivity contribution < 1.29 is 33.0 Å². The molecule has 2 aromatic rings.